The second kappa shape index (κ2) is 6.48. The molecule has 2 aromatic carbocycles. The van der Waals surface area contributed by atoms with Crippen LogP contribution in [0.15, 0.2) is 60.8 Å². The summed E-state index contributed by atoms with van der Waals surface area (Å²) in [5, 5.41) is 12.0. The molecule has 26 heavy (non-hydrogen) atoms. The molecule has 2 heterocycles. The summed E-state index contributed by atoms with van der Waals surface area (Å²) in [6.07, 6.45) is 5.79. The molecule has 0 aliphatic carbocycles. The lowest BCUT2D eigenvalue weighted by molar-refractivity contribution is -0.646. The molecule has 128 valence electrons. The smallest absolute Gasteiger partial charge is 0.255 e. The van der Waals surface area contributed by atoms with Crippen molar-refractivity contribution in [3.63, 3.8) is 0 Å². The van der Waals surface area contributed by atoms with Crippen molar-refractivity contribution >= 4 is 34.0 Å². The summed E-state index contributed by atoms with van der Waals surface area (Å²) >= 11 is 0. The maximum atomic E-state index is 10.00. The van der Waals surface area contributed by atoms with Gasteiger partial charge in [0, 0.05) is 23.7 Å². The Morgan fingerprint density at radius 1 is 1.00 bits per heavy atom. The van der Waals surface area contributed by atoms with Gasteiger partial charge in [-0.05, 0) is 42.0 Å². The van der Waals surface area contributed by atoms with Crippen LogP contribution in [0, 0.1) is 0 Å². The number of phenolic OH excluding ortho intramolecular Hbond substituents is 1. The number of aromatic nitrogens is 2. The molecule has 0 aliphatic heterocycles. The van der Waals surface area contributed by atoms with Gasteiger partial charge in [0.15, 0.2) is 5.75 Å². The number of pyridine rings is 2. The molecule has 0 unspecified atom stereocenters. The number of ether oxygens (including phenoxy) is 1. The van der Waals surface area contributed by atoms with Gasteiger partial charge in [-0.2, -0.15) is 4.57 Å². The second-order valence-electron chi connectivity index (χ2n) is 6.12. The van der Waals surface area contributed by atoms with Crippen LogP contribution in [0.4, 0.5) is 0 Å². The Morgan fingerprint density at radius 2 is 1.88 bits per heavy atom. The number of aryl methyl sites for hydroxylation is 1. The van der Waals surface area contributed by atoms with Crippen LogP contribution in [0.1, 0.15) is 11.3 Å². The van der Waals surface area contributed by atoms with Crippen molar-refractivity contribution in [2.75, 3.05) is 7.11 Å². The molecule has 0 spiro atoms. The van der Waals surface area contributed by atoms with E-state index in [1.165, 1.54) is 0 Å². The first-order valence-electron chi connectivity index (χ1n) is 8.39. The quantitative estimate of drug-likeness (QED) is 0.570. The molecule has 0 aliphatic rings. The van der Waals surface area contributed by atoms with Gasteiger partial charge in [0.05, 0.1) is 12.5 Å². The maximum absolute atomic E-state index is 10.00. The van der Waals surface area contributed by atoms with E-state index in [4.69, 9.17) is 4.74 Å². The molecule has 4 heteroatoms. The number of nitrogens with zero attached hydrogens (tertiary/aromatic N) is 2. The fourth-order valence-electron chi connectivity index (χ4n) is 3.28. The normalized spacial score (nSPS) is 11.5. The molecular formula is C22H19N2O2+. The first kappa shape index (κ1) is 16.1. The molecular weight excluding hydrogens is 324 g/mol. The fraction of sp³-hybridized carbons (Fsp3) is 0.0909. The van der Waals surface area contributed by atoms with Crippen molar-refractivity contribution in [3.05, 3.63) is 72.1 Å². The second-order valence-corrected chi connectivity index (χ2v) is 6.12. The molecule has 0 amide bonds. The molecule has 0 saturated heterocycles. The van der Waals surface area contributed by atoms with E-state index in [9.17, 15) is 5.11 Å². The SMILES string of the molecule is COc1cccc2ccc(/C=C/c3ccc(O)c4ncccc34)[n+](C)c12. The zero-order chi connectivity index (χ0) is 18.1. The van der Waals surface area contributed by atoms with E-state index < -0.39 is 0 Å². The third-order valence-electron chi connectivity index (χ3n) is 4.62. The van der Waals surface area contributed by atoms with Gasteiger partial charge in [0.25, 0.3) is 5.52 Å². The minimum absolute atomic E-state index is 0.193. The van der Waals surface area contributed by atoms with Crippen molar-refractivity contribution < 1.29 is 14.4 Å². The van der Waals surface area contributed by atoms with Crippen LogP contribution in [0.3, 0.4) is 0 Å². The fourth-order valence-corrected chi connectivity index (χ4v) is 3.28. The Hall–Kier alpha value is -3.40. The van der Waals surface area contributed by atoms with Crippen LogP contribution in [0.25, 0.3) is 34.0 Å². The highest BCUT2D eigenvalue weighted by Gasteiger charge is 2.14. The minimum atomic E-state index is 0.193. The predicted octanol–water partition coefficient (Wildman–Crippen LogP) is 4.10. The Labute approximate surface area is 151 Å². The van der Waals surface area contributed by atoms with Crippen LogP contribution in [-0.2, 0) is 7.05 Å². The molecule has 1 N–H and O–H groups in total. The number of para-hydroxylation sites is 1. The number of rotatable bonds is 3. The zero-order valence-corrected chi connectivity index (χ0v) is 14.7. The topological polar surface area (TPSA) is 46.2 Å². The maximum Gasteiger partial charge on any atom is 0.255 e. The van der Waals surface area contributed by atoms with Crippen molar-refractivity contribution in [2.24, 2.45) is 7.05 Å². The number of fused-ring (bicyclic) bond motifs is 2. The van der Waals surface area contributed by atoms with Crippen LogP contribution in [-0.4, -0.2) is 17.2 Å². The Bertz CT molecular complexity index is 1150. The van der Waals surface area contributed by atoms with Gasteiger partial charge in [0.2, 0.25) is 5.69 Å². The van der Waals surface area contributed by atoms with E-state index in [2.05, 4.69) is 33.8 Å². The Morgan fingerprint density at radius 3 is 2.73 bits per heavy atom. The summed E-state index contributed by atoms with van der Waals surface area (Å²) in [4.78, 5) is 4.27. The van der Waals surface area contributed by atoms with Gasteiger partial charge in [-0.1, -0.05) is 18.2 Å². The number of hydrogen-bond donors (Lipinski definition) is 1. The number of hydrogen-bond acceptors (Lipinski definition) is 3. The zero-order valence-electron chi connectivity index (χ0n) is 14.7. The van der Waals surface area contributed by atoms with E-state index in [-0.39, 0.29) is 5.75 Å². The molecule has 4 rings (SSSR count). The van der Waals surface area contributed by atoms with Crippen molar-refractivity contribution in [3.8, 4) is 11.5 Å². The van der Waals surface area contributed by atoms with Crippen LogP contribution in [0.2, 0.25) is 0 Å². The number of methoxy groups -OCH3 is 1. The van der Waals surface area contributed by atoms with Crippen LogP contribution < -0.4 is 9.30 Å². The Kier molecular flexibility index (Phi) is 4.01. The average molecular weight is 343 g/mol. The highest BCUT2D eigenvalue weighted by Crippen LogP contribution is 2.27. The number of aromatic hydroxyl groups is 1. The first-order valence-corrected chi connectivity index (χ1v) is 8.39. The van der Waals surface area contributed by atoms with Gasteiger partial charge in [-0.25, -0.2) is 0 Å². The highest BCUT2D eigenvalue weighted by atomic mass is 16.5. The van der Waals surface area contributed by atoms with Crippen LogP contribution >= 0.6 is 0 Å². The van der Waals surface area contributed by atoms with Gasteiger partial charge >= 0.3 is 0 Å². The highest BCUT2D eigenvalue weighted by molar-refractivity contribution is 5.93. The van der Waals surface area contributed by atoms with Gasteiger partial charge < -0.3 is 9.84 Å². The summed E-state index contributed by atoms with van der Waals surface area (Å²) < 4.78 is 7.63. The Balaban J connectivity index is 1.83. The van der Waals surface area contributed by atoms with E-state index in [1.54, 1.807) is 19.4 Å². The molecule has 0 fully saturated rings. The average Bonchev–Trinajstić information content (AvgIpc) is 2.68. The first-order chi connectivity index (χ1) is 12.7. The largest absolute Gasteiger partial charge is 0.506 e. The predicted molar refractivity (Wildman–Crippen MR) is 104 cm³/mol. The third-order valence-corrected chi connectivity index (χ3v) is 4.62. The summed E-state index contributed by atoms with van der Waals surface area (Å²) in [5.74, 6) is 1.04. The lowest BCUT2D eigenvalue weighted by Gasteiger charge is -2.05. The number of phenols is 1. The standard InChI is InChI=1S/C22H18N2O2/c1-24-17(12-9-16-5-3-7-20(26-2)22(16)24)11-8-15-10-13-19(25)21-18(15)6-4-14-23-21/h3-14H,1-2H3/p+1. The summed E-state index contributed by atoms with van der Waals surface area (Å²) in [5.41, 5.74) is 3.71. The van der Waals surface area contributed by atoms with Crippen molar-refractivity contribution in [1.29, 1.82) is 0 Å². The third kappa shape index (κ3) is 2.65. The van der Waals surface area contributed by atoms with E-state index in [0.29, 0.717) is 5.52 Å². The summed E-state index contributed by atoms with van der Waals surface area (Å²) in [6.45, 7) is 0. The van der Waals surface area contributed by atoms with Crippen molar-refractivity contribution in [1.82, 2.24) is 4.98 Å². The lowest BCUT2D eigenvalue weighted by atomic mass is 10.1. The van der Waals surface area contributed by atoms with Crippen molar-refractivity contribution in [2.45, 2.75) is 0 Å². The molecule has 2 aromatic heterocycles. The molecule has 4 aromatic rings. The molecule has 0 atom stereocenters. The van der Waals surface area contributed by atoms with Crippen LogP contribution in [0.5, 0.6) is 11.5 Å². The van der Waals surface area contributed by atoms with Gasteiger partial charge in [0.1, 0.15) is 18.3 Å². The monoisotopic (exact) mass is 343 g/mol. The minimum Gasteiger partial charge on any atom is -0.506 e. The van der Waals surface area contributed by atoms with E-state index >= 15 is 0 Å². The molecule has 4 nitrogen and oxygen atoms in total. The van der Waals surface area contributed by atoms with E-state index in [0.717, 1.165) is 33.3 Å². The molecule has 0 radical (unpaired) electrons. The van der Waals surface area contributed by atoms with E-state index in [1.807, 2.05) is 43.5 Å². The summed E-state index contributed by atoms with van der Waals surface area (Å²) in [6, 6.07) is 17.6. The lowest BCUT2D eigenvalue weighted by Crippen LogP contribution is -2.33. The molecule has 0 saturated carbocycles. The summed E-state index contributed by atoms with van der Waals surface area (Å²) in [7, 11) is 3.72. The van der Waals surface area contributed by atoms with Gasteiger partial charge in [-0.3, -0.25) is 4.98 Å². The van der Waals surface area contributed by atoms with Gasteiger partial charge in [-0.15, -0.1) is 0 Å². The molecule has 0 bridgehead atoms. The number of benzene rings is 2.